The summed E-state index contributed by atoms with van der Waals surface area (Å²) in [5, 5.41) is 11.1. The number of pyridine rings is 1. The molecular formula is C17H16FN5O3. The second kappa shape index (κ2) is 7.04. The van der Waals surface area contributed by atoms with E-state index in [0.717, 1.165) is 23.1 Å². The summed E-state index contributed by atoms with van der Waals surface area (Å²) in [6, 6.07) is 4.59. The number of carbonyl (C=O) groups excluding carboxylic acids is 1. The molecule has 0 aliphatic carbocycles. The molecule has 0 radical (unpaired) electrons. The summed E-state index contributed by atoms with van der Waals surface area (Å²) in [6.45, 7) is 1.20. The Morgan fingerprint density at radius 2 is 2.31 bits per heavy atom. The molecule has 9 heteroatoms. The third kappa shape index (κ3) is 3.47. The Hall–Kier alpha value is -3.07. The molecule has 134 valence electrons. The maximum Gasteiger partial charge on any atom is 0.226 e. The molecule has 8 nitrogen and oxygen atoms in total. The number of amides is 1. The fraction of sp³-hybridized carbons (Fsp3) is 0.294. The predicted octanol–water partition coefficient (Wildman–Crippen LogP) is 1.33. The molecule has 3 aromatic rings. The number of rotatable bonds is 5. The lowest BCUT2D eigenvalue weighted by molar-refractivity contribution is -0.121. The highest BCUT2D eigenvalue weighted by molar-refractivity contribution is 5.78. The van der Waals surface area contributed by atoms with E-state index in [2.05, 4.69) is 20.6 Å². The van der Waals surface area contributed by atoms with E-state index >= 15 is 0 Å². The highest BCUT2D eigenvalue weighted by Gasteiger charge is 2.25. The van der Waals surface area contributed by atoms with Crippen molar-refractivity contribution in [1.29, 1.82) is 0 Å². The zero-order chi connectivity index (χ0) is 17.9. The Morgan fingerprint density at radius 3 is 3.08 bits per heavy atom. The van der Waals surface area contributed by atoms with E-state index in [-0.39, 0.29) is 18.4 Å². The summed E-state index contributed by atoms with van der Waals surface area (Å²) < 4.78 is 25.5. The average Bonchev–Trinajstić information content (AvgIpc) is 3.30. The minimum Gasteiger partial charge on any atom is -0.472 e. The fourth-order valence-corrected chi connectivity index (χ4v) is 2.78. The van der Waals surface area contributed by atoms with Crippen LogP contribution in [0.3, 0.4) is 0 Å². The molecule has 0 saturated carbocycles. The van der Waals surface area contributed by atoms with Crippen LogP contribution in [0, 0.1) is 5.82 Å². The quantitative estimate of drug-likeness (QED) is 0.740. The summed E-state index contributed by atoms with van der Waals surface area (Å²) in [6.07, 6.45) is 4.18. The van der Waals surface area contributed by atoms with Gasteiger partial charge in [0.25, 0.3) is 0 Å². The Balaban J connectivity index is 1.32. The van der Waals surface area contributed by atoms with E-state index in [9.17, 15) is 9.18 Å². The molecule has 1 atom stereocenters. The van der Waals surface area contributed by atoms with Gasteiger partial charge in [0.15, 0.2) is 0 Å². The largest absolute Gasteiger partial charge is 0.472 e. The molecule has 0 aromatic carbocycles. The van der Waals surface area contributed by atoms with Crippen molar-refractivity contribution in [1.82, 2.24) is 25.3 Å². The van der Waals surface area contributed by atoms with E-state index in [4.69, 9.17) is 9.15 Å². The first-order chi connectivity index (χ1) is 12.7. The molecule has 1 amide bonds. The number of furan rings is 1. The van der Waals surface area contributed by atoms with Gasteiger partial charge < -0.3 is 14.5 Å². The SMILES string of the molecule is O=C(Cc1ccc(F)cn1)NCC1Cn2nnc(-c3ccoc3)c2CO1. The van der Waals surface area contributed by atoms with Gasteiger partial charge in [0.2, 0.25) is 5.91 Å². The maximum atomic E-state index is 12.8. The zero-order valence-corrected chi connectivity index (χ0v) is 13.8. The van der Waals surface area contributed by atoms with Crippen molar-refractivity contribution in [2.75, 3.05) is 6.54 Å². The molecule has 4 rings (SSSR count). The van der Waals surface area contributed by atoms with E-state index in [1.54, 1.807) is 17.2 Å². The Labute approximate surface area is 148 Å². The fourth-order valence-electron chi connectivity index (χ4n) is 2.78. The number of aromatic nitrogens is 4. The number of fused-ring (bicyclic) bond motifs is 1. The van der Waals surface area contributed by atoms with E-state index in [1.165, 1.54) is 12.1 Å². The van der Waals surface area contributed by atoms with Crippen molar-refractivity contribution < 1.29 is 18.3 Å². The lowest BCUT2D eigenvalue weighted by atomic mass is 10.2. The third-order valence-electron chi connectivity index (χ3n) is 4.12. The lowest BCUT2D eigenvalue weighted by Gasteiger charge is -2.24. The molecule has 0 spiro atoms. The lowest BCUT2D eigenvalue weighted by Crippen LogP contribution is -2.39. The van der Waals surface area contributed by atoms with E-state index in [1.807, 2.05) is 6.07 Å². The molecule has 0 saturated heterocycles. The molecule has 1 N–H and O–H groups in total. The molecular weight excluding hydrogens is 341 g/mol. The first-order valence-corrected chi connectivity index (χ1v) is 8.12. The van der Waals surface area contributed by atoms with Crippen LogP contribution in [0.15, 0.2) is 41.3 Å². The Kier molecular flexibility index (Phi) is 4.44. The maximum absolute atomic E-state index is 12.8. The summed E-state index contributed by atoms with van der Waals surface area (Å²) in [5.74, 6) is -0.626. The van der Waals surface area contributed by atoms with Gasteiger partial charge in [0.1, 0.15) is 11.5 Å². The normalized spacial score (nSPS) is 16.3. The highest BCUT2D eigenvalue weighted by Crippen LogP contribution is 2.25. The van der Waals surface area contributed by atoms with E-state index in [0.29, 0.717) is 25.4 Å². The number of carbonyl (C=O) groups is 1. The highest BCUT2D eigenvalue weighted by atomic mass is 19.1. The van der Waals surface area contributed by atoms with Gasteiger partial charge in [0, 0.05) is 17.8 Å². The van der Waals surface area contributed by atoms with Crippen LogP contribution in [0.2, 0.25) is 0 Å². The molecule has 3 aromatic heterocycles. The second-order valence-corrected chi connectivity index (χ2v) is 5.96. The minimum absolute atomic E-state index is 0.0895. The summed E-state index contributed by atoms with van der Waals surface area (Å²) in [7, 11) is 0. The topological polar surface area (TPSA) is 95.1 Å². The first-order valence-electron chi connectivity index (χ1n) is 8.12. The van der Waals surface area contributed by atoms with Crippen molar-refractivity contribution in [2.45, 2.75) is 25.7 Å². The molecule has 1 aliphatic rings. The average molecular weight is 357 g/mol. The number of nitrogens with zero attached hydrogens (tertiary/aromatic N) is 4. The molecule has 4 heterocycles. The monoisotopic (exact) mass is 357 g/mol. The van der Waals surface area contributed by atoms with Crippen LogP contribution in [-0.2, 0) is 29.1 Å². The minimum atomic E-state index is -0.428. The molecule has 1 unspecified atom stereocenters. The first kappa shape index (κ1) is 16.4. The van der Waals surface area contributed by atoms with Gasteiger partial charge in [-0.3, -0.25) is 9.78 Å². The van der Waals surface area contributed by atoms with Gasteiger partial charge in [0.05, 0.1) is 50.1 Å². The molecule has 1 aliphatic heterocycles. The molecule has 0 fully saturated rings. The predicted molar refractivity (Wildman–Crippen MR) is 87.2 cm³/mol. The summed E-state index contributed by atoms with van der Waals surface area (Å²) in [5.41, 5.74) is 2.98. The standard InChI is InChI=1S/C17H16FN5O3/c18-12-1-2-13(19-6-12)5-16(24)20-7-14-8-23-15(10-26-14)17(21-22-23)11-3-4-25-9-11/h1-4,6,9,14H,5,7-8,10H2,(H,20,24). The van der Waals surface area contributed by atoms with Crippen LogP contribution in [0.25, 0.3) is 11.3 Å². The Bertz CT molecular complexity index is 892. The molecule has 26 heavy (non-hydrogen) atoms. The van der Waals surface area contributed by atoms with Gasteiger partial charge in [-0.2, -0.15) is 0 Å². The second-order valence-electron chi connectivity index (χ2n) is 5.96. The number of halogens is 1. The van der Waals surface area contributed by atoms with Crippen molar-refractivity contribution in [3.63, 3.8) is 0 Å². The zero-order valence-electron chi connectivity index (χ0n) is 13.8. The van der Waals surface area contributed by atoms with Crippen molar-refractivity contribution >= 4 is 5.91 Å². The van der Waals surface area contributed by atoms with Crippen LogP contribution in [-0.4, -0.2) is 38.5 Å². The third-order valence-corrected chi connectivity index (χ3v) is 4.12. The van der Waals surface area contributed by atoms with Gasteiger partial charge in [-0.05, 0) is 18.2 Å². The van der Waals surface area contributed by atoms with Gasteiger partial charge in [-0.1, -0.05) is 5.21 Å². The van der Waals surface area contributed by atoms with Gasteiger partial charge in [-0.25, -0.2) is 9.07 Å². The van der Waals surface area contributed by atoms with Gasteiger partial charge >= 0.3 is 0 Å². The van der Waals surface area contributed by atoms with Crippen molar-refractivity contribution in [3.05, 3.63) is 54.1 Å². The van der Waals surface area contributed by atoms with E-state index < -0.39 is 5.82 Å². The van der Waals surface area contributed by atoms with Crippen molar-refractivity contribution in [3.8, 4) is 11.3 Å². The van der Waals surface area contributed by atoms with Gasteiger partial charge in [-0.15, -0.1) is 5.10 Å². The van der Waals surface area contributed by atoms with Crippen LogP contribution < -0.4 is 5.32 Å². The van der Waals surface area contributed by atoms with Crippen LogP contribution in [0.1, 0.15) is 11.4 Å². The number of ether oxygens (including phenoxy) is 1. The van der Waals surface area contributed by atoms with Crippen molar-refractivity contribution in [2.24, 2.45) is 0 Å². The number of hydrogen-bond acceptors (Lipinski definition) is 6. The van der Waals surface area contributed by atoms with Crippen LogP contribution >= 0.6 is 0 Å². The Morgan fingerprint density at radius 1 is 1.38 bits per heavy atom. The summed E-state index contributed by atoms with van der Waals surface area (Å²) >= 11 is 0. The van der Waals surface area contributed by atoms with Crippen LogP contribution in [0.4, 0.5) is 4.39 Å². The number of nitrogens with one attached hydrogen (secondary N) is 1. The number of hydrogen-bond donors (Lipinski definition) is 1. The van der Waals surface area contributed by atoms with Crippen LogP contribution in [0.5, 0.6) is 0 Å². The summed E-state index contributed by atoms with van der Waals surface area (Å²) in [4.78, 5) is 15.9. The smallest absolute Gasteiger partial charge is 0.226 e. The molecule has 0 bridgehead atoms.